The first-order valence-corrected chi connectivity index (χ1v) is 10.1. The van der Waals surface area contributed by atoms with Gasteiger partial charge in [-0.1, -0.05) is 23.2 Å². The van der Waals surface area contributed by atoms with Crippen LogP contribution in [0.25, 0.3) is 0 Å². The summed E-state index contributed by atoms with van der Waals surface area (Å²) in [5, 5.41) is 5.06. The summed E-state index contributed by atoms with van der Waals surface area (Å²) >= 11 is 12.8. The summed E-state index contributed by atoms with van der Waals surface area (Å²) in [6, 6.07) is 4.67. The molecule has 1 N–H and O–H groups in total. The van der Waals surface area contributed by atoms with Crippen LogP contribution in [0.15, 0.2) is 12.1 Å². The molecule has 4 saturated carbocycles. The molecule has 5 rings (SSSR count). The molecule has 0 aliphatic heterocycles. The number of rotatable bonds is 5. The van der Waals surface area contributed by atoms with Gasteiger partial charge >= 0.3 is 0 Å². The molecule has 0 unspecified atom stereocenters. The fraction of sp³-hybridized carbons (Fsp3) is 0.700. The molecule has 4 heteroatoms. The molecular weight excluding hydrogens is 341 g/mol. The Morgan fingerprint density at radius 1 is 1.00 bits per heavy atom. The van der Waals surface area contributed by atoms with Crippen LogP contribution >= 0.6 is 23.2 Å². The van der Waals surface area contributed by atoms with E-state index in [1.807, 2.05) is 26.0 Å². The molecular formula is C20H27Cl2NO. The lowest BCUT2D eigenvalue weighted by Gasteiger charge is -2.54. The van der Waals surface area contributed by atoms with Gasteiger partial charge in [0, 0.05) is 12.6 Å². The molecule has 4 bridgehead atoms. The van der Waals surface area contributed by atoms with Crippen LogP contribution in [0, 0.1) is 23.7 Å². The van der Waals surface area contributed by atoms with Crippen molar-refractivity contribution in [2.75, 3.05) is 0 Å². The van der Waals surface area contributed by atoms with E-state index in [0.29, 0.717) is 21.8 Å². The smallest absolute Gasteiger partial charge is 0.156 e. The van der Waals surface area contributed by atoms with Gasteiger partial charge in [0.15, 0.2) is 5.75 Å². The molecule has 0 aromatic heterocycles. The molecule has 0 amide bonds. The quantitative estimate of drug-likeness (QED) is 0.720. The number of benzene rings is 1. The minimum atomic E-state index is 0.0667. The van der Waals surface area contributed by atoms with Crippen molar-refractivity contribution in [3.8, 4) is 5.75 Å². The predicted octanol–water partition coefficient (Wildman–Crippen LogP) is 5.69. The van der Waals surface area contributed by atoms with Crippen LogP contribution in [-0.2, 0) is 6.54 Å². The molecule has 24 heavy (non-hydrogen) atoms. The maximum Gasteiger partial charge on any atom is 0.156 e. The molecule has 0 radical (unpaired) electrons. The molecule has 1 aromatic rings. The van der Waals surface area contributed by atoms with Crippen molar-refractivity contribution in [2.24, 2.45) is 23.7 Å². The van der Waals surface area contributed by atoms with Crippen molar-refractivity contribution in [3.63, 3.8) is 0 Å². The summed E-state index contributed by atoms with van der Waals surface area (Å²) in [5.41, 5.74) is 1.15. The first-order chi connectivity index (χ1) is 11.5. The van der Waals surface area contributed by atoms with E-state index in [1.54, 1.807) is 0 Å². The fourth-order valence-electron chi connectivity index (χ4n) is 5.56. The van der Waals surface area contributed by atoms with Gasteiger partial charge in [-0.3, -0.25) is 0 Å². The van der Waals surface area contributed by atoms with E-state index in [1.165, 1.54) is 32.1 Å². The lowest BCUT2D eigenvalue weighted by molar-refractivity contribution is -0.0142. The van der Waals surface area contributed by atoms with E-state index in [0.717, 1.165) is 35.8 Å². The Hall–Kier alpha value is -0.440. The minimum Gasteiger partial charge on any atom is -0.488 e. The van der Waals surface area contributed by atoms with Gasteiger partial charge in [0.05, 0.1) is 16.1 Å². The lowest BCUT2D eigenvalue weighted by Crippen LogP contribution is -2.54. The molecule has 0 saturated heterocycles. The number of hydrogen-bond donors (Lipinski definition) is 1. The Kier molecular flexibility index (Phi) is 4.75. The second kappa shape index (κ2) is 6.70. The van der Waals surface area contributed by atoms with E-state index in [-0.39, 0.29) is 6.10 Å². The van der Waals surface area contributed by atoms with Gasteiger partial charge in [0.1, 0.15) is 0 Å². The molecule has 4 aliphatic rings. The number of ether oxygens (including phenoxy) is 1. The average Bonchev–Trinajstić information content (AvgIpc) is 2.49. The maximum absolute atomic E-state index is 6.38. The Morgan fingerprint density at radius 2 is 1.54 bits per heavy atom. The Labute approximate surface area is 155 Å². The first-order valence-electron chi connectivity index (χ1n) is 9.37. The van der Waals surface area contributed by atoms with Crippen molar-refractivity contribution in [1.82, 2.24) is 5.32 Å². The van der Waals surface area contributed by atoms with Crippen LogP contribution < -0.4 is 10.1 Å². The standard InChI is InChI=1S/C20H27Cl2NO/c1-11(2)24-20-17(21)8-14(9-18(20)22)10-23-19-15-4-12-3-13(6-15)7-16(19)5-12/h8-9,11-13,15-16,19,23H,3-7,10H2,1-2H3. The molecule has 4 aliphatic carbocycles. The SMILES string of the molecule is CC(C)Oc1c(Cl)cc(CNC2C3CC4CC(C3)CC2C4)cc1Cl. The first kappa shape index (κ1) is 17.0. The van der Waals surface area contributed by atoms with Crippen LogP contribution in [0.2, 0.25) is 10.0 Å². The van der Waals surface area contributed by atoms with Crippen molar-refractivity contribution >= 4 is 23.2 Å². The van der Waals surface area contributed by atoms with E-state index < -0.39 is 0 Å². The second-order valence-electron chi connectivity index (χ2n) is 8.39. The highest BCUT2D eigenvalue weighted by Crippen LogP contribution is 2.53. The summed E-state index contributed by atoms with van der Waals surface area (Å²) in [7, 11) is 0. The Balaban J connectivity index is 1.43. The van der Waals surface area contributed by atoms with E-state index in [4.69, 9.17) is 27.9 Å². The fourth-order valence-corrected chi connectivity index (χ4v) is 6.18. The monoisotopic (exact) mass is 367 g/mol. The number of nitrogens with one attached hydrogen (secondary N) is 1. The van der Waals surface area contributed by atoms with Crippen molar-refractivity contribution in [1.29, 1.82) is 0 Å². The highest BCUT2D eigenvalue weighted by molar-refractivity contribution is 6.37. The van der Waals surface area contributed by atoms with Gasteiger partial charge in [-0.25, -0.2) is 0 Å². The van der Waals surface area contributed by atoms with Gasteiger partial charge in [-0.05, 0) is 87.3 Å². The van der Waals surface area contributed by atoms with Gasteiger partial charge in [-0.15, -0.1) is 0 Å². The Morgan fingerprint density at radius 3 is 2.04 bits per heavy atom. The van der Waals surface area contributed by atoms with Gasteiger partial charge in [-0.2, -0.15) is 0 Å². The van der Waals surface area contributed by atoms with Crippen LogP contribution in [0.5, 0.6) is 5.75 Å². The van der Waals surface area contributed by atoms with E-state index in [2.05, 4.69) is 5.32 Å². The summed E-state index contributed by atoms with van der Waals surface area (Å²) in [6.45, 7) is 4.80. The second-order valence-corrected chi connectivity index (χ2v) is 9.21. The maximum atomic E-state index is 6.38. The summed E-state index contributed by atoms with van der Waals surface area (Å²) in [5.74, 6) is 4.40. The molecule has 0 heterocycles. The number of hydrogen-bond acceptors (Lipinski definition) is 2. The third-order valence-electron chi connectivity index (χ3n) is 6.18. The van der Waals surface area contributed by atoms with Crippen molar-refractivity contribution in [2.45, 2.75) is 64.6 Å². The molecule has 132 valence electrons. The third kappa shape index (κ3) is 3.30. The van der Waals surface area contributed by atoms with Crippen LogP contribution in [0.3, 0.4) is 0 Å². The van der Waals surface area contributed by atoms with Crippen LogP contribution in [-0.4, -0.2) is 12.1 Å². The molecule has 2 nitrogen and oxygen atoms in total. The zero-order valence-corrected chi connectivity index (χ0v) is 16.0. The highest BCUT2D eigenvalue weighted by Gasteiger charge is 2.47. The van der Waals surface area contributed by atoms with Gasteiger partial charge in [0.2, 0.25) is 0 Å². The number of halogens is 2. The lowest BCUT2D eigenvalue weighted by atomic mass is 9.54. The Bertz CT molecular complexity index is 565. The normalized spacial score (nSPS) is 34.1. The summed E-state index contributed by atoms with van der Waals surface area (Å²) in [6.07, 6.45) is 7.32. The zero-order valence-electron chi connectivity index (χ0n) is 14.5. The largest absolute Gasteiger partial charge is 0.488 e. The predicted molar refractivity (Wildman–Crippen MR) is 99.9 cm³/mol. The van der Waals surface area contributed by atoms with Crippen molar-refractivity contribution < 1.29 is 4.74 Å². The topological polar surface area (TPSA) is 21.3 Å². The molecule has 0 atom stereocenters. The molecule has 1 aromatic carbocycles. The highest BCUT2D eigenvalue weighted by atomic mass is 35.5. The van der Waals surface area contributed by atoms with Crippen LogP contribution in [0.1, 0.15) is 51.5 Å². The van der Waals surface area contributed by atoms with Gasteiger partial charge in [0.25, 0.3) is 0 Å². The summed E-state index contributed by atoms with van der Waals surface area (Å²) < 4.78 is 5.72. The third-order valence-corrected chi connectivity index (χ3v) is 6.74. The zero-order chi connectivity index (χ0) is 16.8. The van der Waals surface area contributed by atoms with E-state index in [9.17, 15) is 0 Å². The van der Waals surface area contributed by atoms with Crippen LogP contribution in [0.4, 0.5) is 0 Å². The minimum absolute atomic E-state index is 0.0667. The summed E-state index contributed by atoms with van der Waals surface area (Å²) in [4.78, 5) is 0. The molecule has 4 fully saturated rings. The average molecular weight is 368 g/mol. The van der Waals surface area contributed by atoms with E-state index >= 15 is 0 Å². The van der Waals surface area contributed by atoms with Gasteiger partial charge < -0.3 is 10.1 Å². The van der Waals surface area contributed by atoms with Crippen molar-refractivity contribution in [3.05, 3.63) is 27.7 Å². The molecule has 0 spiro atoms.